The molecule has 4 nitrogen and oxygen atoms in total. The van der Waals surface area contributed by atoms with Crippen molar-refractivity contribution >= 4 is 40.3 Å². The van der Waals surface area contributed by atoms with E-state index < -0.39 is 0 Å². The van der Waals surface area contributed by atoms with E-state index in [1.54, 1.807) is 0 Å². The second-order valence-corrected chi connectivity index (χ2v) is 6.88. The first-order valence-electron chi connectivity index (χ1n) is 6.11. The van der Waals surface area contributed by atoms with Crippen molar-refractivity contribution in [2.45, 2.75) is 23.5 Å². The molecule has 1 atom stereocenters. The highest BCUT2D eigenvalue weighted by molar-refractivity contribution is 8.14. The minimum Gasteiger partial charge on any atom is -0.379 e. The van der Waals surface area contributed by atoms with Gasteiger partial charge in [-0.25, -0.2) is 0 Å². The first kappa shape index (κ1) is 14.3. The number of nitrogens with one attached hydrogen (secondary N) is 1. The van der Waals surface area contributed by atoms with Gasteiger partial charge in [0.05, 0.1) is 11.4 Å². The first-order valence-corrected chi connectivity index (χ1v) is 7.97. The SMILES string of the molecule is C[C@@H]1CCN(C(=O)CSC(=N)N)c2ccccc2S1. The number of nitrogens with two attached hydrogens (primary N) is 1. The van der Waals surface area contributed by atoms with Crippen molar-refractivity contribution in [3.8, 4) is 0 Å². The number of amidine groups is 1. The Kier molecular flexibility index (Phi) is 4.76. The lowest BCUT2D eigenvalue weighted by Gasteiger charge is -2.22. The quantitative estimate of drug-likeness (QED) is 0.650. The Bertz CT molecular complexity index is 493. The van der Waals surface area contributed by atoms with Crippen LogP contribution < -0.4 is 10.6 Å². The van der Waals surface area contributed by atoms with E-state index in [1.165, 1.54) is 0 Å². The van der Waals surface area contributed by atoms with Crippen LogP contribution in [0.15, 0.2) is 29.2 Å². The summed E-state index contributed by atoms with van der Waals surface area (Å²) in [4.78, 5) is 15.2. The summed E-state index contributed by atoms with van der Waals surface area (Å²) in [6, 6.07) is 7.99. The molecule has 2 rings (SSSR count). The standard InChI is InChI=1S/C13H17N3OS2/c1-9-6-7-16(12(17)8-18-13(14)15)10-4-2-3-5-11(10)19-9/h2-5,9H,6-8H2,1H3,(H3,14,15)/t9-/m1/s1. The van der Waals surface area contributed by atoms with E-state index in [2.05, 4.69) is 13.0 Å². The molecular formula is C13H17N3OS2. The molecule has 0 unspecified atom stereocenters. The fraction of sp³-hybridized carbons (Fsp3) is 0.385. The van der Waals surface area contributed by atoms with Crippen LogP contribution in [-0.4, -0.2) is 28.6 Å². The van der Waals surface area contributed by atoms with Gasteiger partial charge in [-0.3, -0.25) is 10.2 Å². The predicted molar refractivity (Wildman–Crippen MR) is 83.1 cm³/mol. The normalized spacial score (nSPS) is 18.6. The number of nitrogens with zero attached hydrogens (tertiary/aromatic N) is 1. The Balaban J connectivity index is 2.20. The van der Waals surface area contributed by atoms with Gasteiger partial charge in [-0.2, -0.15) is 0 Å². The molecular weight excluding hydrogens is 278 g/mol. The van der Waals surface area contributed by atoms with Crippen LogP contribution in [0.4, 0.5) is 5.69 Å². The van der Waals surface area contributed by atoms with Crippen LogP contribution in [0, 0.1) is 5.41 Å². The van der Waals surface area contributed by atoms with E-state index in [-0.39, 0.29) is 16.8 Å². The van der Waals surface area contributed by atoms with Crippen molar-refractivity contribution < 1.29 is 4.79 Å². The number of hydrogen-bond acceptors (Lipinski definition) is 4. The van der Waals surface area contributed by atoms with Crippen molar-refractivity contribution in [3.05, 3.63) is 24.3 Å². The van der Waals surface area contributed by atoms with Gasteiger partial charge in [0.2, 0.25) is 5.91 Å². The highest BCUT2D eigenvalue weighted by Crippen LogP contribution is 2.37. The van der Waals surface area contributed by atoms with Crippen LogP contribution in [0.1, 0.15) is 13.3 Å². The summed E-state index contributed by atoms with van der Waals surface area (Å²) < 4.78 is 0. The maximum Gasteiger partial charge on any atom is 0.237 e. The molecule has 0 saturated heterocycles. The lowest BCUT2D eigenvalue weighted by Crippen LogP contribution is -2.34. The van der Waals surface area contributed by atoms with Gasteiger partial charge in [0.1, 0.15) is 0 Å². The minimum absolute atomic E-state index is 0.0146. The number of thioether (sulfide) groups is 2. The Morgan fingerprint density at radius 3 is 3.05 bits per heavy atom. The van der Waals surface area contributed by atoms with Gasteiger partial charge in [0, 0.05) is 16.7 Å². The van der Waals surface area contributed by atoms with Gasteiger partial charge in [-0.15, -0.1) is 11.8 Å². The molecule has 1 aromatic rings. The van der Waals surface area contributed by atoms with Gasteiger partial charge in [0.25, 0.3) is 0 Å². The van der Waals surface area contributed by atoms with Crippen LogP contribution >= 0.6 is 23.5 Å². The van der Waals surface area contributed by atoms with Crippen LogP contribution in [0.2, 0.25) is 0 Å². The number of amides is 1. The van der Waals surface area contributed by atoms with Crippen molar-refractivity contribution in [1.82, 2.24) is 0 Å². The van der Waals surface area contributed by atoms with E-state index >= 15 is 0 Å². The number of carbonyl (C=O) groups excluding carboxylic acids is 1. The molecule has 102 valence electrons. The lowest BCUT2D eigenvalue weighted by atomic mass is 10.2. The van der Waals surface area contributed by atoms with Crippen molar-refractivity contribution in [1.29, 1.82) is 5.41 Å². The molecule has 0 bridgehead atoms. The number of anilines is 1. The highest BCUT2D eigenvalue weighted by atomic mass is 32.2. The third-order valence-electron chi connectivity index (χ3n) is 2.90. The van der Waals surface area contributed by atoms with E-state index in [0.717, 1.165) is 35.3 Å². The van der Waals surface area contributed by atoms with E-state index in [1.807, 2.05) is 34.9 Å². The van der Waals surface area contributed by atoms with Gasteiger partial charge in [-0.05, 0) is 18.6 Å². The van der Waals surface area contributed by atoms with Crippen LogP contribution in [0.3, 0.4) is 0 Å². The number of carbonyl (C=O) groups is 1. The molecule has 1 amide bonds. The average molecular weight is 295 g/mol. The Morgan fingerprint density at radius 2 is 2.32 bits per heavy atom. The fourth-order valence-corrected chi connectivity index (χ4v) is 3.51. The molecule has 1 aliphatic heterocycles. The molecule has 0 radical (unpaired) electrons. The molecule has 0 saturated carbocycles. The average Bonchev–Trinajstić information content (AvgIpc) is 2.54. The monoisotopic (exact) mass is 295 g/mol. The van der Waals surface area contributed by atoms with E-state index in [0.29, 0.717) is 5.25 Å². The molecule has 0 fully saturated rings. The summed E-state index contributed by atoms with van der Waals surface area (Å²) in [6.07, 6.45) is 0.968. The summed E-state index contributed by atoms with van der Waals surface area (Å²) in [5, 5.41) is 7.67. The second-order valence-electron chi connectivity index (χ2n) is 4.38. The molecule has 1 heterocycles. The summed E-state index contributed by atoms with van der Waals surface area (Å²) in [7, 11) is 0. The largest absolute Gasteiger partial charge is 0.379 e. The molecule has 1 aliphatic rings. The number of fused-ring (bicyclic) bond motifs is 1. The van der Waals surface area contributed by atoms with Crippen LogP contribution in [-0.2, 0) is 4.79 Å². The third-order valence-corrected chi connectivity index (χ3v) is 4.84. The zero-order valence-electron chi connectivity index (χ0n) is 10.8. The van der Waals surface area contributed by atoms with E-state index in [4.69, 9.17) is 11.1 Å². The number of para-hydroxylation sites is 1. The summed E-state index contributed by atoms with van der Waals surface area (Å²) in [5.41, 5.74) is 6.27. The van der Waals surface area contributed by atoms with Crippen molar-refractivity contribution in [2.75, 3.05) is 17.2 Å². The molecule has 19 heavy (non-hydrogen) atoms. The molecule has 1 aromatic carbocycles. The summed E-state index contributed by atoms with van der Waals surface area (Å²) in [6.45, 7) is 2.90. The van der Waals surface area contributed by atoms with E-state index in [9.17, 15) is 4.79 Å². The van der Waals surface area contributed by atoms with Crippen LogP contribution in [0.5, 0.6) is 0 Å². The lowest BCUT2D eigenvalue weighted by molar-refractivity contribution is -0.116. The summed E-state index contributed by atoms with van der Waals surface area (Å²) >= 11 is 2.89. The van der Waals surface area contributed by atoms with Gasteiger partial charge in [-0.1, -0.05) is 30.8 Å². The molecule has 0 aliphatic carbocycles. The Hall–Kier alpha value is -1.14. The topological polar surface area (TPSA) is 70.2 Å². The van der Waals surface area contributed by atoms with Crippen LogP contribution in [0.25, 0.3) is 0 Å². The Labute approximate surface area is 121 Å². The molecule has 6 heteroatoms. The number of benzene rings is 1. The zero-order valence-corrected chi connectivity index (χ0v) is 12.4. The third kappa shape index (κ3) is 3.67. The van der Waals surface area contributed by atoms with Gasteiger partial charge < -0.3 is 10.6 Å². The second kappa shape index (κ2) is 6.34. The van der Waals surface area contributed by atoms with Gasteiger partial charge >= 0.3 is 0 Å². The number of hydrogen-bond donors (Lipinski definition) is 2. The molecule has 3 N–H and O–H groups in total. The molecule has 0 spiro atoms. The Morgan fingerprint density at radius 1 is 1.58 bits per heavy atom. The van der Waals surface area contributed by atoms with Gasteiger partial charge in [0.15, 0.2) is 5.17 Å². The van der Waals surface area contributed by atoms with Crippen molar-refractivity contribution in [3.63, 3.8) is 0 Å². The fourth-order valence-electron chi connectivity index (χ4n) is 1.96. The maximum absolute atomic E-state index is 12.3. The molecule has 0 aromatic heterocycles. The maximum atomic E-state index is 12.3. The predicted octanol–water partition coefficient (Wildman–Crippen LogP) is 2.53. The summed E-state index contributed by atoms with van der Waals surface area (Å²) in [5.74, 6) is 0.241. The smallest absolute Gasteiger partial charge is 0.237 e. The van der Waals surface area contributed by atoms with Crippen molar-refractivity contribution in [2.24, 2.45) is 5.73 Å². The highest BCUT2D eigenvalue weighted by Gasteiger charge is 2.23. The number of rotatable bonds is 2. The zero-order chi connectivity index (χ0) is 13.8. The first-order chi connectivity index (χ1) is 9.08. The minimum atomic E-state index is -0.0146.